The highest BCUT2D eigenvalue weighted by atomic mass is 35.5. The molecule has 0 spiro atoms. The molecule has 100 valence electrons. The van der Waals surface area contributed by atoms with Gasteiger partial charge in [-0.25, -0.2) is 8.57 Å². The molecule has 0 radical (unpaired) electrons. The molecule has 1 aromatic rings. The number of carboxylic acid groups (broad SMARTS) is 1. The first-order chi connectivity index (χ1) is 8.45. The van der Waals surface area contributed by atoms with Gasteiger partial charge in [0, 0.05) is 11.6 Å². The van der Waals surface area contributed by atoms with Gasteiger partial charge in [0.2, 0.25) is 0 Å². The van der Waals surface area contributed by atoms with Gasteiger partial charge in [0.1, 0.15) is 5.75 Å². The SMILES string of the molecule is CCCN=S(=O)(CC(=O)O)Cc1cccc(Cl)c1. The maximum atomic E-state index is 12.4. The van der Waals surface area contributed by atoms with Crippen molar-refractivity contribution in [3.63, 3.8) is 0 Å². The van der Waals surface area contributed by atoms with Crippen molar-refractivity contribution < 1.29 is 14.1 Å². The summed E-state index contributed by atoms with van der Waals surface area (Å²) in [4.78, 5) is 10.8. The van der Waals surface area contributed by atoms with Gasteiger partial charge in [-0.1, -0.05) is 30.7 Å². The van der Waals surface area contributed by atoms with E-state index >= 15 is 0 Å². The summed E-state index contributed by atoms with van der Waals surface area (Å²) in [5.74, 6) is -1.40. The minimum absolute atomic E-state index is 0.125. The molecule has 0 heterocycles. The van der Waals surface area contributed by atoms with Crippen molar-refractivity contribution in [2.24, 2.45) is 4.36 Å². The fourth-order valence-corrected chi connectivity index (χ4v) is 3.58. The van der Waals surface area contributed by atoms with E-state index in [1.165, 1.54) is 0 Å². The van der Waals surface area contributed by atoms with Crippen LogP contribution in [-0.2, 0) is 20.3 Å². The topological polar surface area (TPSA) is 66.7 Å². The molecule has 0 aliphatic carbocycles. The molecule has 0 aliphatic rings. The maximum absolute atomic E-state index is 12.4. The number of halogens is 1. The largest absolute Gasteiger partial charge is 0.481 e. The highest BCUT2D eigenvalue weighted by Crippen LogP contribution is 2.15. The lowest BCUT2D eigenvalue weighted by molar-refractivity contribution is -0.134. The molecule has 4 nitrogen and oxygen atoms in total. The second kappa shape index (κ2) is 6.75. The van der Waals surface area contributed by atoms with E-state index in [1.807, 2.05) is 6.92 Å². The van der Waals surface area contributed by atoms with Crippen LogP contribution in [0, 0.1) is 0 Å². The van der Waals surface area contributed by atoms with Crippen LogP contribution >= 0.6 is 11.6 Å². The minimum Gasteiger partial charge on any atom is -0.481 e. The summed E-state index contributed by atoms with van der Waals surface area (Å²) in [5, 5.41) is 9.36. The monoisotopic (exact) mass is 289 g/mol. The van der Waals surface area contributed by atoms with Gasteiger partial charge >= 0.3 is 5.97 Å². The zero-order chi connectivity index (χ0) is 13.6. The molecule has 1 rings (SSSR count). The number of hydrogen-bond acceptors (Lipinski definition) is 3. The Morgan fingerprint density at radius 3 is 2.78 bits per heavy atom. The van der Waals surface area contributed by atoms with Crippen LogP contribution in [0.5, 0.6) is 0 Å². The molecule has 0 saturated carbocycles. The Bertz CT molecular complexity index is 536. The van der Waals surface area contributed by atoms with Crippen LogP contribution < -0.4 is 0 Å². The van der Waals surface area contributed by atoms with Crippen molar-refractivity contribution in [3.05, 3.63) is 34.9 Å². The number of hydrogen-bond donors (Lipinski definition) is 1. The number of carboxylic acids is 1. The van der Waals surface area contributed by atoms with Gasteiger partial charge in [-0.3, -0.25) is 4.79 Å². The molecule has 0 aliphatic heterocycles. The number of nitrogens with zero attached hydrogens (tertiary/aromatic N) is 1. The third kappa shape index (κ3) is 5.06. The number of rotatable bonds is 6. The summed E-state index contributed by atoms with van der Waals surface area (Å²) >= 11 is 5.84. The molecular weight excluding hydrogens is 274 g/mol. The van der Waals surface area contributed by atoms with Crippen LogP contribution in [0.4, 0.5) is 0 Å². The van der Waals surface area contributed by atoms with Crippen LogP contribution in [0.2, 0.25) is 5.02 Å². The summed E-state index contributed by atoms with van der Waals surface area (Å²) in [6, 6.07) is 6.92. The molecule has 0 amide bonds. The van der Waals surface area contributed by atoms with Gasteiger partial charge in [0.25, 0.3) is 0 Å². The van der Waals surface area contributed by atoms with Crippen LogP contribution in [0.3, 0.4) is 0 Å². The second-order valence-electron chi connectivity index (χ2n) is 3.94. The Balaban J connectivity index is 2.98. The van der Waals surface area contributed by atoms with Crippen LogP contribution in [0.15, 0.2) is 28.6 Å². The summed E-state index contributed by atoms with van der Waals surface area (Å²) in [5.41, 5.74) is 0.744. The van der Waals surface area contributed by atoms with Gasteiger partial charge in [0.05, 0.1) is 15.5 Å². The molecule has 0 bridgehead atoms. The molecule has 0 saturated heterocycles. The van der Waals surface area contributed by atoms with Gasteiger partial charge in [-0.15, -0.1) is 0 Å². The Morgan fingerprint density at radius 1 is 1.50 bits per heavy atom. The zero-order valence-electron chi connectivity index (χ0n) is 10.1. The van der Waals surface area contributed by atoms with Gasteiger partial charge in [-0.2, -0.15) is 0 Å². The normalized spacial score (nSPS) is 13.9. The lowest BCUT2D eigenvalue weighted by atomic mass is 10.2. The number of carbonyl (C=O) groups is 1. The Kier molecular flexibility index (Phi) is 5.62. The standard InChI is InChI=1S/C12H16ClNO3S/c1-2-6-14-18(17,9-12(15)16)8-10-4-3-5-11(13)7-10/h3-5,7H,2,6,8-9H2,1H3,(H,15,16). The Morgan fingerprint density at radius 2 is 2.22 bits per heavy atom. The average molecular weight is 290 g/mol. The van der Waals surface area contributed by atoms with E-state index in [4.69, 9.17) is 16.7 Å². The summed E-state index contributed by atoms with van der Waals surface area (Å²) in [6.45, 7) is 2.32. The van der Waals surface area contributed by atoms with Crippen molar-refractivity contribution in [2.45, 2.75) is 19.1 Å². The van der Waals surface area contributed by atoms with Gasteiger partial charge in [0.15, 0.2) is 0 Å². The molecule has 18 heavy (non-hydrogen) atoms. The van der Waals surface area contributed by atoms with E-state index in [-0.39, 0.29) is 5.75 Å². The van der Waals surface area contributed by atoms with E-state index in [9.17, 15) is 9.00 Å². The number of benzene rings is 1. The van der Waals surface area contributed by atoms with Crippen LogP contribution in [0.25, 0.3) is 0 Å². The van der Waals surface area contributed by atoms with E-state index in [0.29, 0.717) is 11.6 Å². The highest BCUT2D eigenvalue weighted by molar-refractivity contribution is 7.93. The van der Waals surface area contributed by atoms with Crippen LogP contribution in [0.1, 0.15) is 18.9 Å². The molecule has 1 aromatic carbocycles. The molecule has 6 heteroatoms. The van der Waals surface area contributed by atoms with Gasteiger partial charge < -0.3 is 5.11 Å². The van der Waals surface area contributed by atoms with Crippen molar-refractivity contribution in [1.82, 2.24) is 0 Å². The lowest BCUT2D eigenvalue weighted by Gasteiger charge is -2.08. The van der Waals surface area contributed by atoms with E-state index < -0.39 is 21.5 Å². The molecule has 1 atom stereocenters. The quantitative estimate of drug-likeness (QED) is 0.875. The molecular formula is C12H16ClNO3S. The third-order valence-corrected chi connectivity index (χ3v) is 4.55. The minimum atomic E-state index is -2.75. The average Bonchev–Trinajstić information content (AvgIpc) is 2.25. The van der Waals surface area contributed by atoms with Crippen LogP contribution in [-0.4, -0.2) is 27.6 Å². The van der Waals surface area contributed by atoms with Crippen molar-refractivity contribution in [1.29, 1.82) is 0 Å². The zero-order valence-corrected chi connectivity index (χ0v) is 11.7. The Labute approximate surface area is 112 Å². The predicted octanol–water partition coefficient (Wildman–Crippen LogP) is 2.80. The maximum Gasteiger partial charge on any atom is 0.317 e. The second-order valence-corrected chi connectivity index (χ2v) is 6.75. The first kappa shape index (κ1) is 15.0. The van der Waals surface area contributed by atoms with Gasteiger partial charge in [-0.05, 0) is 24.1 Å². The van der Waals surface area contributed by atoms with E-state index in [2.05, 4.69) is 4.36 Å². The first-order valence-electron chi connectivity index (χ1n) is 5.60. The summed E-state index contributed by atoms with van der Waals surface area (Å²) in [7, 11) is -2.75. The Hall–Kier alpha value is -1.07. The highest BCUT2D eigenvalue weighted by Gasteiger charge is 2.15. The summed E-state index contributed by atoms with van der Waals surface area (Å²) < 4.78 is 16.5. The third-order valence-electron chi connectivity index (χ3n) is 2.18. The lowest BCUT2D eigenvalue weighted by Crippen LogP contribution is -2.17. The van der Waals surface area contributed by atoms with Crippen molar-refractivity contribution in [3.8, 4) is 0 Å². The van der Waals surface area contributed by atoms with E-state index in [0.717, 1.165) is 12.0 Å². The molecule has 0 aromatic heterocycles. The van der Waals surface area contributed by atoms with Crippen molar-refractivity contribution in [2.75, 3.05) is 12.3 Å². The molecule has 1 unspecified atom stereocenters. The fourth-order valence-electron chi connectivity index (χ4n) is 1.48. The molecule has 1 N–H and O–H groups in total. The predicted molar refractivity (Wildman–Crippen MR) is 73.4 cm³/mol. The van der Waals surface area contributed by atoms with Crippen molar-refractivity contribution >= 4 is 27.3 Å². The first-order valence-corrected chi connectivity index (χ1v) is 7.83. The number of aliphatic carboxylic acids is 1. The fraction of sp³-hybridized carbons (Fsp3) is 0.417. The smallest absolute Gasteiger partial charge is 0.317 e. The molecule has 0 fully saturated rings. The van der Waals surface area contributed by atoms with E-state index in [1.54, 1.807) is 24.3 Å². The summed E-state index contributed by atoms with van der Waals surface area (Å²) in [6.07, 6.45) is 0.742.